The first-order valence-electron chi connectivity index (χ1n) is 12.0. The zero-order chi connectivity index (χ0) is 21.9. The van der Waals surface area contributed by atoms with Gasteiger partial charge in [-0.15, -0.1) is 10.2 Å². The first kappa shape index (κ1) is 21.2. The third-order valence-corrected chi connectivity index (χ3v) is 6.91. The first-order chi connectivity index (χ1) is 15.7. The van der Waals surface area contributed by atoms with Gasteiger partial charge in [0, 0.05) is 51.5 Å². The van der Waals surface area contributed by atoms with Crippen LogP contribution in [0.4, 0.5) is 0 Å². The van der Waals surface area contributed by atoms with E-state index >= 15 is 0 Å². The van der Waals surface area contributed by atoms with E-state index in [4.69, 9.17) is 9.47 Å². The van der Waals surface area contributed by atoms with Crippen molar-refractivity contribution in [3.05, 3.63) is 35.4 Å². The van der Waals surface area contributed by atoms with Gasteiger partial charge in [0.2, 0.25) is 12.7 Å². The number of hydrogen-bond donors (Lipinski definition) is 1. The van der Waals surface area contributed by atoms with Crippen LogP contribution in [-0.2, 0) is 30.6 Å². The Morgan fingerprint density at radius 2 is 2.06 bits per heavy atom. The summed E-state index contributed by atoms with van der Waals surface area (Å²) in [5, 5.41) is 11.9. The Labute approximate surface area is 189 Å². The van der Waals surface area contributed by atoms with Crippen LogP contribution >= 0.6 is 0 Å². The highest BCUT2D eigenvalue weighted by Crippen LogP contribution is 2.33. The standard InChI is InChI=1S/C24H33N5O3/c1-17(13-18-5-6-20-21(14-18)32-16-31-20)15-28-10-8-23-27-26-22(29(23)12-11-28)7-9-25-24(30)19-3-2-4-19/h5-6,14,17,19H,2-4,7-13,15-16H2,1H3,(H,25,30)/t17-/m1/s1. The van der Waals surface area contributed by atoms with Crippen LogP contribution in [0.1, 0.15) is 43.4 Å². The van der Waals surface area contributed by atoms with E-state index in [0.717, 1.165) is 81.4 Å². The van der Waals surface area contributed by atoms with Crippen LogP contribution < -0.4 is 14.8 Å². The number of nitrogens with zero attached hydrogens (tertiary/aromatic N) is 4. The van der Waals surface area contributed by atoms with Crippen molar-refractivity contribution in [3.63, 3.8) is 0 Å². The molecule has 0 saturated heterocycles. The molecule has 1 aliphatic carbocycles. The van der Waals surface area contributed by atoms with E-state index in [1.54, 1.807) is 0 Å². The molecule has 1 atom stereocenters. The zero-order valence-electron chi connectivity index (χ0n) is 18.9. The number of hydrogen-bond acceptors (Lipinski definition) is 6. The second-order valence-electron chi connectivity index (χ2n) is 9.40. The molecule has 1 aromatic heterocycles. The van der Waals surface area contributed by atoms with Crippen LogP contribution in [0, 0.1) is 11.8 Å². The third kappa shape index (κ3) is 4.75. The Morgan fingerprint density at radius 3 is 2.91 bits per heavy atom. The largest absolute Gasteiger partial charge is 0.454 e. The minimum atomic E-state index is 0.203. The summed E-state index contributed by atoms with van der Waals surface area (Å²) in [5.74, 6) is 4.74. The van der Waals surface area contributed by atoms with E-state index in [2.05, 4.69) is 44.0 Å². The van der Waals surface area contributed by atoms with Gasteiger partial charge in [-0.3, -0.25) is 4.79 Å². The average Bonchev–Trinajstić information content (AvgIpc) is 3.30. The number of nitrogens with one attached hydrogen (secondary N) is 1. The van der Waals surface area contributed by atoms with Gasteiger partial charge in [-0.2, -0.15) is 0 Å². The van der Waals surface area contributed by atoms with Crippen molar-refractivity contribution in [1.29, 1.82) is 0 Å². The molecular weight excluding hydrogens is 406 g/mol. The van der Waals surface area contributed by atoms with Crippen molar-refractivity contribution in [2.24, 2.45) is 11.8 Å². The second kappa shape index (κ2) is 9.48. The molecule has 172 valence electrons. The number of aromatic nitrogens is 3. The minimum absolute atomic E-state index is 0.203. The van der Waals surface area contributed by atoms with Crippen molar-refractivity contribution >= 4 is 5.91 Å². The van der Waals surface area contributed by atoms with E-state index in [0.29, 0.717) is 19.3 Å². The van der Waals surface area contributed by atoms with Crippen LogP contribution in [-0.4, -0.2) is 58.5 Å². The fourth-order valence-corrected chi connectivity index (χ4v) is 4.88. The number of carbonyl (C=O) groups excluding carboxylic acids is 1. The van der Waals surface area contributed by atoms with E-state index < -0.39 is 0 Å². The lowest BCUT2D eigenvalue weighted by Gasteiger charge is -2.24. The molecule has 3 heterocycles. The normalized spacial score (nSPS) is 19.2. The molecule has 8 nitrogen and oxygen atoms in total. The Bertz CT molecular complexity index is 955. The summed E-state index contributed by atoms with van der Waals surface area (Å²) in [4.78, 5) is 14.6. The maximum Gasteiger partial charge on any atom is 0.231 e. The van der Waals surface area contributed by atoms with Gasteiger partial charge in [0.1, 0.15) is 11.6 Å². The van der Waals surface area contributed by atoms with E-state index in [-0.39, 0.29) is 11.8 Å². The SMILES string of the molecule is C[C@H](Cc1ccc2c(c1)OCO2)CN1CCc2nnc(CCNC(=O)C3CCC3)n2CC1. The van der Waals surface area contributed by atoms with Crippen LogP contribution in [0.5, 0.6) is 11.5 Å². The van der Waals surface area contributed by atoms with Gasteiger partial charge in [-0.1, -0.05) is 19.4 Å². The van der Waals surface area contributed by atoms with Crippen LogP contribution in [0.2, 0.25) is 0 Å². The number of amides is 1. The summed E-state index contributed by atoms with van der Waals surface area (Å²) in [6.07, 6.45) is 5.93. The number of fused-ring (bicyclic) bond motifs is 2. The highest BCUT2D eigenvalue weighted by atomic mass is 16.7. The maximum absolute atomic E-state index is 12.1. The summed E-state index contributed by atoms with van der Waals surface area (Å²) in [7, 11) is 0. The van der Waals surface area contributed by atoms with Gasteiger partial charge in [0.05, 0.1) is 0 Å². The Morgan fingerprint density at radius 1 is 1.19 bits per heavy atom. The van der Waals surface area contributed by atoms with Crippen molar-refractivity contribution in [2.45, 2.75) is 52.0 Å². The molecule has 0 bridgehead atoms. The van der Waals surface area contributed by atoms with Crippen LogP contribution in [0.3, 0.4) is 0 Å². The fourth-order valence-electron chi connectivity index (χ4n) is 4.88. The summed E-state index contributed by atoms with van der Waals surface area (Å²) >= 11 is 0. The Balaban J connectivity index is 1.10. The topological polar surface area (TPSA) is 81.5 Å². The smallest absolute Gasteiger partial charge is 0.231 e. The molecule has 1 N–H and O–H groups in total. The lowest BCUT2D eigenvalue weighted by Crippen LogP contribution is -2.35. The molecule has 0 radical (unpaired) electrons. The summed E-state index contributed by atoms with van der Waals surface area (Å²) in [5.41, 5.74) is 1.29. The molecule has 2 aromatic rings. The lowest BCUT2D eigenvalue weighted by molar-refractivity contribution is -0.127. The molecule has 1 saturated carbocycles. The maximum atomic E-state index is 12.1. The average molecular weight is 440 g/mol. The number of benzene rings is 1. The molecule has 32 heavy (non-hydrogen) atoms. The third-order valence-electron chi connectivity index (χ3n) is 6.91. The molecule has 0 spiro atoms. The van der Waals surface area contributed by atoms with Gasteiger partial charge >= 0.3 is 0 Å². The van der Waals surface area contributed by atoms with Crippen molar-refractivity contribution in [1.82, 2.24) is 25.0 Å². The number of ether oxygens (including phenoxy) is 2. The Hall–Kier alpha value is -2.61. The van der Waals surface area contributed by atoms with Gasteiger partial charge in [0.15, 0.2) is 11.5 Å². The monoisotopic (exact) mass is 439 g/mol. The molecule has 3 aliphatic rings. The summed E-state index contributed by atoms with van der Waals surface area (Å²) in [6, 6.07) is 6.26. The Kier molecular flexibility index (Phi) is 6.30. The number of rotatable bonds is 8. The van der Waals surface area contributed by atoms with E-state index in [1.165, 1.54) is 12.0 Å². The quantitative estimate of drug-likeness (QED) is 0.679. The summed E-state index contributed by atoms with van der Waals surface area (Å²) in [6.45, 7) is 7.24. The van der Waals surface area contributed by atoms with Gasteiger partial charge in [-0.05, 0) is 42.9 Å². The fraction of sp³-hybridized carbons (Fsp3) is 0.625. The minimum Gasteiger partial charge on any atom is -0.454 e. The molecule has 1 aromatic carbocycles. The molecule has 2 aliphatic heterocycles. The van der Waals surface area contributed by atoms with Gasteiger partial charge in [-0.25, -0.2) is 0 Å². The van der Waals surface area contributed by atoms with Crippen LogP contribution in [0.15, 0.2) is 18.2 Å². The molecular formula is C24H33N5O3. The van der Waals surface area contributed by atoms with Crippen molar-refractivity contribution in [2.75, 3.05) is 33.0 Å². The second-order valence-corrected chi connectivity index (χ2v) is 9.40. The van der Waals surface area contributed by atoms with E-state index in [1.807, 2.05) is 6.07 Å². The predicted octanol–water partition coefficient (Wildman–Crippen LogP) is 2.20. The molecule has 8 heteroatoms. The lowest BCUT2D eigenvalue weighted by atomic mass is 9.85. The van der Waals surface area contributed by atoms with Gasteiger partial charge in [0.25, 0.3) is 0 Å². The number of carbonyl (C=O) groups is 1. The van der Waals surface area contributed by atoms with Gasteiger partial charge < -0.3 is 24.3 Å². The zero-order valence-corrected chi connectivity index (χ0v) is 18.9. The van der Waals surface area contributed by atoms with Crippen molar-refractivity contribution < 1.29 is 14.3 Å². The molecule has 0 unspecified atom stereocenters. The van der Waals surface area contributed by atoms with Crippen LogP contribution in [0.25, 0.3) is 0 Å². The molecule has 1 amide bonds. The molecule has 5 rings (SSSR count). The van der Waals surface area contributed by atoms with Crippen molar-refractivity contribution in [3.8, 4) is 11.5 Å². The first-order valence-corrected chi connectivity index (χ1v) is 12.0. The van der Waals surface area contributed by atoms with E-state index in [9.17, 15) is 4.79 Å². The predicted molar refractivity (Wildman–Crippen MR) is 120 cm³/mol. The molecule has 1 fully saturated rings. The summed E-state index contributed by atoms with van der Waals surface area (Å²) < 4.78 is 13.2. The highest BCUT2D eigenvalue weighted by Gasteiger charge is 2.25. The highest BCUT2D eigenvalue weighted by molar-refractivity contribution is 5.79.